The van der Waals surface area contributed by atoms with Crippen molar-refractivity contribution in [1.29, 1.82) is 0 Å². The topological polar surface area (TPSA) is 93.7 Å². The first kappa shape index (κ1) is 17.6. The molecular weight excluding hydrogens is 338 g/mol. The van der Waals surface area contributed by atoms with Crippen molar-refractivity contribution in [2.24, 2.45) is 4.36 Å². The lowest BCUT2D eigenvalue weighted by Gasteiger charge is -2.35. The molecule has 3 heterocycles. The maximum absolute atomic E-state index is 12.1. The molecule has 1 aliphatic heterocycles. The van der Waals surface area contributed by atoms with E-state index in [2.05, 4.69) is 26.2 Å². The average molecular weight is 361 g/mol. The second-order valence-corrected chi connectivity index (χ2v) is 8.97. The summed E-state index contributed by atoms with van der Waals surface area (Å²) in [7, 11) is -2.31. The van der Waals surface area contributed by atoms with Gasteiger partial charge in [0.15, 0.2) is 5.82 Å². The van der Waals surface area contributed by atoms with Crippen LogP contribution in [0.15, 0.2) is 34.8 Å². The highest BCUT2D eigenvalue weighted by atomic mass is 32.2. The number of rotatable bonds is 3. The minimum atomic E-state index is -2.31. The van der Waals surface area contributed by atoms with Gasteiger partial charge in [-0.25, -0.2) is 14.2 Å². The van der Waals surface area contributed by atoms with Gasteiger partial charge in [0.05, 0.1) is 18.9 Å². The molecule has 0 aliphatic carbocycles. The third-order valence-corrected chi connectivity index (χ3v) is 4.51. The Hall–Kier alpha value is -2.19. The van der Waals surface area contributed by atoms with Gasteiger partial charge in [0.2, 0.25) is 0 Å². The van der Waals surface area contributed by atoms with Crippen molar-refractivity contribution >= 4 is 27.1 Å². The summed E-state index contributed by atoms with van der Waals surface area (Å²) >= 11 is 0. The summed E-state index contributed by atoms with van der Waals surface area (Å²) in [5.74, 6) is 0.884. The number of ether oxygens (including phenoxy) is 1. The highest BCUT2D eigenvalue weighted by molar-refractivity contribution is 7.92. The quantitative estimate of drug-likeness (QED) is 0.902. The third kappa shape index (κ3) is 4.46. The fourth-order valence-corrected chi connectivity index (χ4v) is 3.35. The highest BCUT2D eigenvalue weighted by Crippen LogP contribution is 2.30. The van der Waals surface area contributed by atoms with E-state index in [9.17, 15) is 4.21 Å². The predicted molar refractivity (Wildman–Crippen MR) is 102 cm³/mol. The van der Waals surface area contributed by atoms with E-state index in [1.54, 1.807) is 24.8 Å². The Morgan fingerprint density at radius 2 is 2.16 bits per heavy atom. The van der Waals surface area contributed by atoms with Crippen LogP contribution in [0.3, 0.4) is 0 Å². The van der Waals surface area contributed by atoms with E-state index in [-0.39, 0.29) is 6.04 Å². The van der Waals surface area contributed by atoms with Crippen LogP contribution in [0.1, 0.15) is 6.92 Å². The Balaban J connectivity index is 2.13. The van der Waals surface area contributed by atoms with Crippen molar-refractivity contribution in [3.05, 3.63) is 30.5 Å². The molecule has 7 nitrogen and oxygen atoms in total. The standard InChI is InChI=1S/C17H23N5O2S/c1-12-11-24-7-6-22(12)14-9-15(13-4-5-19-16(18)8-13)20-17(10-14)21-25(2,3)23/h4-5,8-10,12H,6-7,11H2,1-3H3,(H2,18,19)/t12-/m1/s1. The SMILES string of the molecule is C[C@@H]1COCCN1c1cc(N=S(C)(C)=O)nc(-c2ccnc(N)c2)c1. The molecule has 2 N–H and O–H groups in total. The van der Waals surface area contributed by atoms with E-state index in [1.165, 1.54) is 0 Å². The number of aromatic nitrogens is 2. The summed E-state index contributed by atoms with van der Waals surface area (Å²) in [5.41, 5.74) is 8.37. The number of hydrogen-bond acceptors (Lipinski definition) is 7. The van der Waals surface area contributed by atoms with Gasteiger partial charge in [-0.3, -0.25) is 0 Å². The monoisotopic (exact) mass is 361 g/mol. The number of hydrogen-bond donors (Lipinski definition) is 1. The first-order valence-electron chi connectivity index (χ1n) is 8.07. The molecule has 2 aromatic heterocycles. The molecule has 134 valence electrons. The van der Waals surface area contributed by atoms with Crippen LogP contribution < -0.4 is 10.6 Å². The zero-order chi connectivity index (χ0) is 18.0. The van der Waals surface area contributed by atoms with Crippen molar-refractivity contribution < 1.29 is 8.95 Å². The van der Waals surface area contributed by atoms with Gasteiger partial charge in [0, 0.05) is 58.3 Å². The molecule has 25 heavy (non-hydrogen) atoms. The summed E-state index contributed by atoms with van der Waals surface area (Å²) in [5, 5.41) is 0. The fourth-order valence-electron chi connectivity index (χ4n) is 2.81. The first-order chi connectivity index (χ1) is 11.8. The largest absolute Gasteiger partial charge is 0.384 e. The Morgan fingerprint density at radius 1 is 1.36 bits per heavy atom. The van der Waals surface area contributed by atoms with Crippen LogP contribution in [0, 0.1) is 0 Å². The van der Waals surface area contributed by atoms with E-state index < -0.39 is 9.73 Å². The number of morpholine rings is 1. The number of nitrogens with two attached hydrogens (primary N) is 1. The van der Waals surface area contributed by atoms with Crippen molar-refractivity contribution in [3.63, 3.8) is 0 Å². The predicted octanol–water partition coefficient (Wildman–Crippen LogP) is 2.31. The van der Waals surface area contributed by atoms with Gasteiger partial charge in [-0.05, 0) is 25.1 Å². The molecule has 0 aromatic carbocycles. The zero-order valence-corrected chi connectivity index (χ0v) is 15.5. The summed E-state index contributed by atoms with van der Waals surface area (Å²) in [6, 6.07) is 7.75. The maximum Gasteiger partial charge on any atom is 0.164 e. The van der Waals surface area contributed by atoms with Gasteiger partial charge in [-0.1, -0.05) is 0 Å². The lowest BCUT2D eigenvalue weighted by Crippen LogP contribution is -2.43. The molecule has 1 fully saturated rings. The van der Waals surface area contributed by atoms with Crippen LogP contribution in [-0.2, 0) is 14.5 Å². The van der Waals surface area contributed by atoms with Gasteiger partial charge in [-0.15, -0.1) is 0 Å². The molecule has 0 spiro atoms. The Labute approximate surface area is 148 Å². The smallest absolute Gasteiger partial charge is 0.164 e. The van der Waals surface area contributed by atoms with Crippen LogP contribution in [0.25, 0.3) is 11.3 Å². The molecular formula is C17H23N5O2S. The molecule has 0 bridgehead atoms. The Bertz CT molecular complexity index is 884. The molecule has 0 saturated carbocycles. The Kier molecular flexibility index (Phi) is 4.91. The highest BCUT2D eigenvalue weighted by Gasteiger charge is 2.20. The zero-order valence-electron chi connectivity index (χ0n) is 14.7. The van der Waals surface area contributed by atoms with E-state index in [4.69, 9.17) is 10.5 Å². The average Bonchev–Trinajstić information content (AvgIpc) is 2.53. The molecule has 0 unspecified atom stereocenters. The van der Waals surface area contributed by atoms with Crippen LogP contribution in [0.5, 0.6) is 0 Å². The maximum atomic E-state index is 12.1. The molecule has 1 atom stereocenters. The molecule has 0 radical (unpaired) electrons. The number of anilines is 2. The minimum absolute atomic E-state index is 0.243. The summed E-state index contributed by atoms with van der Waals surface area (Å²) < 4.78 is 22.0. The summed E-state index contributed by atoms with van der Waals surface area (Å²) in [6.45, 7) is 4.25. The van der Waals surface area contributed by atoms with E-state index in [0.29, 0.717) is 24.8 Å². The summed E-state index contributed by atoms with van der Waals surface area (Å²) in [4.78, 5) is 10.8. The fraction of sp³-hybridized carbons (Fsp3) is 0.412. The van der Waals surface area contributed by atoms with Gasteiger partial charge < -0.3 is 15.4 Å². The van der Waals surface area contributed by atoms with Crippen molar-refractivity contribution in [2.45, 2.75) is 13.0 Å². The van der Waals surface area contributed by atoms with Crippen molar-refractivity contribution in [3.8, 4) is 11.3 Å². The molecule has 2 aromatic rings. The number of pyridine rings is 2. The lowest BCUT2D eigenvalue weighted by atomic mass is 10.1. The number of nitrogens with zero attached hydrogens (tertiary/aromatic N) is 4. The molecule has 3 rings (SSSR count). The molecule has 1 saturated heterocycles. The van der Waals surface area contributed by atoms with Crippen LogP contribution in [0.2, 0.25) is 0 Å². The summed E-state index contributed by atoms with van der Waals surface area (Å²) in [6.07, 6.45) is 4.85. The van der Waals surface area contributed by atoms with Crippen LogP contribution >= 0.6 is 0 Å². The number of nitrogen functional groups attached to an aromatic ring is 1. The van der Waals surface area contributed by atoms with Crippen LogP contribution in [0.4, 0.5) is 17.3 Å². The van der Waals surface area contributed by atoms with E-state index in [0.717, 1.165) is 23.5 Å². The normalized spacial score (nSPS) is 18.2. The second kappa shape index (κ2) is 6.97. The third-order valence-electron chi connectivity index (χ3n) is 3.89. The molecule has 1 aliphatic rings. The van der Waals surface area contributed by atoms with E-state index >= 15 is 0 Å². The van der Waals surface area contributed by atoms with Crippen LogP contribution in [-0.4, -0.2) is 52.5 Å². The van der Waals surface area contributed by atoms with Gasteiger partial charge in [-0.2, -0.15) is 4.36 Å². The van der Waals surface area contributed by atoms with E-state index in [1.807, 2.05) is 18.2 Å². The van der Waals surface area contributed by atoms with Crippen molar-refractivity contribution in [1.82, 2.24) is 9.97 Å². The molecule has 0 amide bonds. The Morgan fingerprint density at radius 3 is 2.84 bits per heavy atom. The minimum Gasteiger partial charge on any atom is -0.384 e. The van der Waals surface area contributed by atoms with Gasteiger partial charge >= 0.3 is 0 Å². The molecule has 8 heteroatoms. The second-order valence-electron chi connectivity index (χ2n) is 6.43. The van der Waals surface area contributed by atoms with Crippen molar-refractivity contribution in [2.75, 3.05) is 42.9 Å². The van der Waals surface area contributed by atoms with Gasteiger partial charge in [0.1, 0.15) is 5.82 Å². The lowest BCUT2D eigenvalue weighted by molar-refractivity contribution is 0.0989. The van der Waals surface area contributed by atoms with Gasteiger partial charge in [0.25, 0.3) is 0 Å². The first-order valence-corrected chi connectivity index (χ1v) is 10.4.